The lowest BCUT2D eigenvalue weighted by molar-refractivity contribution is -0.197. The number of nitrogens with one attached hydrogen (secondary N) is 2. The number of hydrogen-bond donors (Lipinski definition) is 7. The van der Waals surface area contributed by atoms with Gasteiger partial charge in [-0.25, -0.2) is 0 Å². The average Bonchev–Trinajstić information content (AvgIpc) is 3.56. The summed E-state index contributed by atoms with van der Waals surface area (Å²) in [7, 11) is 1.34. The number of aromatic hydroxyl groups is 1. The van der Waals surface area contributed by atoms with Crippen molar-refractivity contribution >= 4 is 23.5 Å². The number of amides is 2. The zero-order valence-corrected chi connectivity index (χ0v) is 36.1. The highest BCUT2D eigenvalue weighted by Gasteiger charge is 2.64. The molecule has 0 bridgehead atoms. The minimum absolute atomic E-state index is 0.00341. The Morgan fingerprint density at radius 1 is 0.949 bits per heavy atom. The van der Waals surface area contributed by atoms with Crippen LogP contribution in [0, 0.1) is 40.4 Å². The number of nitrogens with two attached hydrogens (primary N) is 1. The van der Waals surface area contributed by atoms with E-state index in [1.165, 1.54) is 32.1 Å². The van der Waals surface area contributed by atoms with Gasteiger partial charge in [0, 0.05) is 18.9 Å². The van der Waals surface area contributed by atoms with Gasteiger partial charge in [0.15, 0.2) is 5.75 Å². The summed E-state index contributed by atoms with van der Waals surface area (Å²) in [6.07, 6.45) is 10.9. The molecule has 0 radical (unpaired) electrons. The summed E-state index contributed by atoms with van der Waals surface area (Å²) < 4.78 is 22.3. The number of methoxy groups -OCH3 is 1. The van der Waals surface area contributed by atoms with Gasteiger partial charge in [-0.3, -0.25) is 14.4 Å². The summed E-state index contributed by atoms with van der Waals surface area (Å²) >= 11 is 0. The van der Waals surface area contributed by atoms with E-state index in [1.54, 1.807) is 0 Å². The number of hydrogen-bond acceptors (Lipinski definition) is 12. The fourth-order valence-corrected chi connectivity index (χ4v) is 12.0. The number of aliphatic hydroxyl groups is 3. The molecule has 14 heteroatoms. The summed E-state index contributed by atoms with van der Waals surface area (Å²) in [5, 5.41) is 48.8. The molecule has 59 heavy (non-hydrogen) atoms. The van der Waals surface area contributed by atoms with Crippen LogP contribution in [-0.4, -0.2) is 102 Å². The summed E-state index contributed by atoms with van der Waals surface area (Å²) in [4.78, 5) is 37.7. The molecule has 8 N–H and O–H groups in total. The molecule has 0 saturated heterocycles. The van der Waals surface area contributed by atoms with E-state index in [2.05, 4.69) is 38.3 Å². The van der Waals surface area contributed by atoms with E-state index >= 15 is 0 Å². The first kappa shape index (κ1) is 46.9. The maximum Gasteiger partial charge on any atom is 0.306 e. The summed E-state index contributed by atoms with van der Waals surface area (Å²) in [6, 6.07) is 2.88. The lowest BCUT2D eigenvalue weighted by Crippen LogP contribution is -2.59. The molecule has 4 saturated carbocycles. The summed E-state index contributed by atoms with van der Waals surface area (Å²) in [5.74, 6) is -0.191. The number of aliphatic hydroxyl groups excluding tert-OH is 2. The van der Waals surface area contributed by atoms with Crippen molar-refractivity contribution in [1.82, 2.24) is 5.32 Å². The Morgan fingerprint density at radius 3 is 2.41 bits per heavy atom. The maximum atomic E-state index is 13.4. The molecule has 14 nitrogen and oxygen atoms in total. The normalized spacial score (nSPS) is 31.5. The van der Waals surface area contributed by atoms with Crippen molar-refractivity contribution in [2.45, 2.75) is 148 Å². The van der Waals surface area contributed by atoms with Crippen LogP contribution in [0.3, 0.4) is 0 Å². The van der Waals surface area contributed by atoms with Crippen molar-refractivity contribution in [3.8, 4) is 11.5 Å². The number of phenols is 1. The van der Waals surface area contributed by atoms with E-state index in [1.807, 2.05) is 0 Å². The van der Waals surface area contributed by atoms with E-state index in [9.17, 15) is 34.8 Å². The van der Waals surface area contributed by atoms with Gasteiger partial charge in [-0.1, -0.05) is 46.5 Å². The number of ether oxygens (including phenoxy) is 4. The predicted molar refractivity (Wildman–Crippen MR) is 223 cm³/mol. The second kappa shape index (κ2) is 20.6. The fourth-order valence-electron chi connectivity index (χ4n) is 12.0. The van der Waals surface area contributed by atoms with Crippen LogP contribution in [0.4, 0.5) is 5.69 Å². The molecule has 4 aliphatic carbocycles. The highest BCUT2D eigenvalue weighted by molar-refractivity contribution is 6.00. The molecule has 5 rings (SSSR count). The van der Waals surface area contributed by atoms with Crippen LogP contribution in [0.25, 0.3) is 0 Å². The Bertz CT molecular complexity index is 1580. The number of anilines is 1. The largest absolute Gasteiger partial charge is 0.505 e. The second-order valence-corrected chi connectivity index (χ2v) is 18.6. The maximum absolute atomic E-state index is 13.4. The molecule has 334 valence electrons. The molecule has 1 aromatic rings. The van der Waals surface area contributed by atoms with Gasteiger partial charge >= 0.3 is 5.97 Å². The van der Waals surface area contributed by atoms with Crippen molar-refractivity contribution in [2.24, 2.45) is 46.2 Å². The molecule has 4 aliphatic rings. The van der Waals surface area contributed by atoms with Gasteiger partial charge < -0.3 is 55.7 Å². The lowest BCUT2D eigenvalue weighted by atomic mass is 9.43. The average molecular weight is 832 g/mol. The van der Waals surface area contributed by atoms with Crippen LogP contribution in [0.15, 0.2) is 12.1 Å². The third-order valence-electron chi connectivity index (χ3n) is 14.9. The fraction of sp³-hybridized carbons (Fsp3) is 0.800. The molecule has 0 spiro atoms. The first-order chi connectivity index (χ1) is 28.0. The Balaban J connectivity index is 1.03. The number of fused-ring (bicyclic) bond motifs is 5. The Kier molecular flexibility index (Phi) is 16.4. The molecule has 0 heterocycles. The molecule has 0 aromatic heterocycles. The second-order valence-electron chi connectivity index (χ2n) is 18.6. The highest BCUT2D eigenvalue weighted by Crippen LogP contribution is 2.69. The number of primary amides is 1. The Labute approximate surface area is 350 Å². The van der Waals surface area contributed by atoms with Gasteiger partial charge in [-0.05, 0) is 111 Å². The quantitative estimate of drug-likeness (QED) is 0.0337. The third-order valence-corrected chi connectivity index (χ3v) is 14.9. The first-order valence-electron chi connectivity index (χ1n) is 22.2. The third kappa shape index (κ3) is 11.0. The minimum atomic E-state index is -1.20. The van der Waals surface area contributed by atoms with Crippen molar-refractivity contribution in [3.05, 3.63) is 17.7 Å². The predicted octanol–water partition coefficient (Wildman–Crippen LogP) is 5.42. The number of carbonyl (C=O) groups excluding carboxylic acids is 3. The number of esters is 1. The topological polar surface area (TPSA) is 219 Å². The molecular formula is C45H73N3O11. The molecular weight excluding hydrogens is 759 g/mol. The van der Waals surface area contributed by atoms with Crippen LogP contribution in [0.1, 0.15) is 134 Å². The molecule has 0 aliphatic heterocycles. The van der Waals surface area contributed by atoms with Crippen molar-refractivity contribution < 1.29 is 53.8 Å². The van der Waals surface area contributed by atoms with Gasteiger partial charge in [-0.15, -0.1) is 0 Å². The van der Waals surface area contributed by atoms with Gasteiger partial charge in [0.2, 0.25) is 5.91 Å². The highest BCUT2D eigenvalue weighted by atomic mass is 16.5. The van der Waals surface area contributed by atoms with E-state index < -0.39 is 29.6 Å². The SMILES string of the molecule is CCCCCCC(C)(O)C1CCC2C3CC(OC(=O)CCC(=O)NCCOCCOCC(O)Nc4ccc(OC)c(C(N)=O)c4O)C4CC(O)CCC4(C)C3CCC21C. The van der Waals surface area contributed by atoms with Crippen LogP contribution in [0.2, 0.25) is 0 Å². The smallest absolute Gasteiger partial charge is 0.306 e. The molecule has 11 unspecified atom stereocenters. The zero-order chi connectivity index (χ0) is 43.0. The zero-order valence-electron chi connectivity index (χ0n) is 36.1. The van der Waals surface area contributed by atoms with Crippen molar-refractivity contribution in [2.75, 3.05) is 45.4 Å². The molecule has 11 atom stereocenters. The van der Waals surface area contributed by atoms with E-state index in [4.69, 9.17) is 24.7 Å². The standard InChI is InChI=1S/C45H73N3O11/c1-6-7-8-9-18-45(4,55)36-13-10-30-29-26-35(32-25-28(49)16-19-43(32,2)31(29)17-20-44(30,36)3)59-39(52)15-14-37(50)47-21-22-57-23-24-58-27-38(51)48-33-11-12-34(56-5)40(41(33)53)42(46)54/h11-12,28-32,35-36,38,48-49,51,53,55H,6-10,13-27H2,1-5H3,(H2,46,54)(H,47,50). The molecule has 2 amide bonds. The van der Waals surface area contributed by atoms with Gasteiger partial charge in [-0.2, -0.15) is 0 Å². The van der Waals surface area contributed by atoms with Crippen molar-refractivity contribution in [1.29, 1.82) is 0 Å². The number of carbonyl (C=O) groups is 3. The number of benzene rings is 1. The molecule has 1 aromatic carbocycles. The number of unbranched alkanes of at least 4 members (excludes halogenated alkanes) is 3. The van der Waals surface area contributed by atoms with Crippen LogP contribution in [0.5, 0.6) is 11.5 Å². The van der Waals surface area contributed by atoms with Gasteiger partial charge in [0.25, 0.3) is 5.91 Å². The monoisotopic (exact) mass is 832 g/mol. The minimum Gasteiger partial charge on any atom is -0.505 e. The van der Waals surface area contributed by atoms with E-state index in [-0.39, 0.29) is 103 Å². The van der Waals surface area contributed by atoms with Gasteiger partial charge in [0.1, 0.15) is 23.6 Å². The van der Waals surface area contributed by atoms with Crippen LogP contribution >= 0.6 is 0 Å². The Morgan fingerprint density at radius 2 is 1.68 bits per heavy atom. The number of rotatable bonds is 22. The lowest BCUT2D eigenvalue weighted by Gasteiger charge is -2.63. The molecule has 4 fully saturated rings. The van der Waals surface area contributed by atoms with E-state index in [0.29, 0.717) is 24.2 Å². The van der Waals surface area contributed by atoms with Crippen LogP contribution in [-0.2, 0) is 23.8 Å². The van der Waals surface area contributed by atoms with Crippen LogP contribution < -0.4 is 21.1 Å². The first-order valence-corrected chi connectivity index (χ1v) is 22.2. The Hall–Kier alpha value is -3.17. The van der Waals surface area contributed by atoms with Crippen molar-refractivity contribution in [3.63, 3.8) is 0 Å². The summed E-state index contributed by atoms with van der Waals surface area (Å²) in [6.45, 7) is 9.77. The summed E-state index contributed by atoms with van der Waals surface area (Å²) in [5.41, 5.74) is 4.53. The van der Waals surface area contributed by atoms with E-state index in [0.717, 1.165) is 64.2 Å². The van der Waals surface area contributed by atoms with Gasteiger partial charge in [0.05, 0.1) is 57.4 Å².